The van der Waals surface area contributed by atoms with Crippen molar-refractivity contribution in [2.45, 2.75) is 142 Å². The van der Waals surface area contributed by atoms with E-state index in [9.17, 15) is 0 Å². The van der Waals surface area contributed by atoms with E-state index in [-0.39, 0.29) is 5.60 Å². The van der Waals surface area contributed by atoms with Crippen molar-refractivity contribution < 1.29 is 9.47 Å². The van der Waals surface area contributed by atoms with Crippen LogP contribution in [0.5, 0.6) is 5.88 Å². The average molecular weight is 540 g/mol. The number of nitrogens with zero attached hydrogens (tertiary/aromatic N) is 3. The largest absolute Gasteiger partial charge is 0.477 e. The minimum absolute atomic E-state index is 0.161. The number of rotatable bonds is 18. The van der Waals surface area contributed by atoms with Gasteiger partial charge in [0.15, 0.2) is 0 Å². The molecule has 1 aliphatic heterocycles. The van der Waals surface area contributed by atoms with Crippen LogP contribution in [0.2, 0.25) is 0 Å². The second-order valence-electron chi connectivity index (χ2n) is 11.8. The van der Waals surface area contributed by atoms with Crippen molar-refractivity contribution in [1.82, 2.24) is 15.0 Å². The predicted molar refractivity (Wildman–Crippen MR) is 160 cm³/mol. The highest BCUT2D eigenvalue weighted by Gasteiger charge is 2.28. The van der Waals surface area contributed by atoms with Crippen molar-refractivity contribution in [3.8, 4) is 5.88 Å². The Hall–Kier alpha value is -1.79. The molecule has 0 saturated carbocycles. The van der Waals surface area contributed by atoms with Gasteiger partial charge in [-0.05, 0) is 26.3 Å². The lowest BCUT2D eigenvalue weighted by Gasteiger charge is -2.30. The van der Waals surface area contributed by atoms with Crippen molar-refractivity contribution >= 4 is 31.8 Å². The van der Waals surface area contributed by atoms with E-state index in [1.54, 1.807) is 17.7 Å². The Morgan fingerprint density at radius 2 is 1.45 bits per heavy atom. The van der Waals surface area contributed by atoms with Gasteiger partial charge in [-0.2, -0.15) is 0 Å². The molecule has 38 heavy (non-hydrogen) atoms. The van der Waals surface area contributed by atoms with Crippen molar-refractivity contribution in [3.05, 3.63) is 23.7 Å². The van der Waals surface area contributed by atoms with Crippen LogP contribution in [0, 0.1) is 0 Å². The first-order valence-electron chi connectivity index (χ1n) is 15.4. The topological polar surface area (TPSA) is 57.1 Å². The van der Waals surface area contributed by atoms with E-state index in [1.165, 1.54) is 102 Å². The van der Waals surface area contributed by atoms with Gasteiger partial charge in [0, 0.05) is 17.4 Å². The van der Waals surface area contributed by atoms with Gasteiger partial charge in [0.05, 0.1) is 30.0 Å². The number of unbranched alkanes of at least 4 members (excludes halogenated alkanes) is 15. The van der Waals surface area contributed by atoms with Crippen molar-refractivity contribution in [3.63, 3.8) is 0 Å². The summed E-state index contributed by atoms with van der Waals surface area (Å²) in [7, 11) is 0. The zero-order chi connectivity index (χ0) is 26.6. The van der Waals surface area contributed by atoms with Gasteiger partial charge in [-0.25, -0.2) is 15.0 Å². The fraction of sp³-hybridized carbons (Fsp3) is 0.719. The van der Waals surface area contributed by atoms with Crippen molar-refractivity contribution in [2.24, 2.45) is 0 Å². The van der Waals surface area contributed by atoms with Crippen LogP contribution in [0.3, 0.4) is 0 Å². The summed E-state index contributed by atoms with van der Waals surface area (Å²) in [5.74, 6) is 0.702. The van der Waals surface area contributed by atoms with Crippen molar-refractivity contribution in [1.29, 1.82) is 0 Å². The predicted octanol–water partition coefficient (Wildman–Crippen LogP) is 9.73. The van der Waals surface area contributed by atoms with Gasteiger partial charge in [-0.3, -0.25) is 0 Å². The smallest absolute Gasteiger partial charge is 0.234 e. The molecule has 0 amide bonds. The summed E-state index contributed by atoms with van der Waals surface area (Å²) in [6, 6.07) is 2.21. The summed E-state index contributed by atoms with van der Waals surface area (Å²) in [6.45, 7) is 7.87. The van der Waals surface area contributed by atoms with E-state index in [0.29, 0.717) is 19.1 Å². The molecular formula is C32H49N3O2S. The molecule has 6 heteroatoms. The Balaban J connectivity index is 1.10. The third-order valence-corrected chi connectivity index (χ3v) is 8.91. The SMILES string of the molecule is CCCCCCCCCCCCCCCCCCOc1ncnc2c1sc1nc3c(cc12)COC(C)(C)C3. The van der Waals surface area contributed by atoms with Crippen LogP contribution >= 0.6 is 11.3 Å². The van der Waals surface area contributed by atoms with Gasteiger partial charge in [-0.1, -0.05) is 103 Å². The number of thiophene rings is 1. The number of hydrogen-bond acceptors (Lipinski definition) is 6. The van der Waals surface area contributed by atoms with Crippen LogP contribution in [0.25, 0.3) is 20.4 Å². The van der Waals surface area contributed by atoms with Gasteiger partial charge in [0.1, 0.15) is 15.9 Å². The van der Waals surface area contributed by atoms with Crippen LogP contribution in [-0.4, -0.2) is 27.2 Å². The summed E-state index contributed by atoms with van der Waals surface area (Å²) in [5.41, 5.74) is 3.10. The normalized spacial score (nSPS) is 14.8. The molecule has 4 heterocycles. The molecule has 0 saturated heterocycles. The molecule has 0 fully saturated rings. The number of aromatic nitrogens is 3. The summed E-state index contributed by atoms with van der Waals surface area (Å²) in [4.78, 5) is 15.0. The fourth-order valence-electron chi connectivity index (χ4n) is 5.49. The van der Waals surface area contributed by atoms with E-state index >= 15 is 0 Å². The summed E-state index contributed by atoms with van der Waals surface area (Å²) in [6.07, 6.45) is 24.5. The summed E-state index contributed by atoms with van der Waals surface area (Å²) < 4.78 is 13.1. The number of ether oxygens (including phenoxy) is 2. The highest BCUT2D eigenvalue weighted by molar-refractivity contribution is 7.25. The lowest BCUT2D eigenvalue weighted by molar-refractivity contribution is -0.0411. The Bertz CT molecular complexity index is 1130. The average Bonchev–Trinajstić information content (AvgIpc) is 3.26. The quantitative estimate of drug-likeness (QED) is 0.151. The molecule has 0 aromatic carbocycles. The molecule has 3 aromatic rings. The minimum atomic E-state index is -0.161. The Morgan fingerprint density at radius 3 is 2.08 bits per heavy atom. The fourth-order valence-corrected chi connectivity index (χ4v) is 6.56. The molecule has 0 unspecified atom stereocenters. The third kappa shape index (κ3) is 8.61. The molecule has 0 atom stereocenters. The first-order valence-corrected chi connectivity index (χ1v) is 16.2. The molecular weight excluding hydrogens is 490 g/mol. The van der Waals surface area contributed by atoms with Crippen LogP contribution in [0.15, 0.2) is 12.4 Å². The van der Waals surface area contributed by atoms with Crippen LogP contribution in [-0.2, 0) is 17.8 Å². The number of pyridine rings is 1. The Kier molecular flexibility index (Phi) is 11.6. The van der Waals surface area contributed by atoms with E-state index in [2.05, 4.69) is 36.8 Å². The standard InChI is InChI=1S/C32H49N3O2S/c1-4-5-6-7-8-9-10-11-12-13-14-15-16-17-18-19-20-36-30-29-28(33-24-34-30)26-21-25-23-37-32(2,3)22-27(25)35-31(26)38-29/h21,24H,4-20,22-23H2,1-3H3. The molecule has 5 nitrogen and oxygen atoms in total. The lowest BCUT2D eigenvalue weighted by atomic mass is 9.95. The first-order chi connectivity index (χ1) is 18.6. The molecule has 4 rings (SSSR count). The highest BCUT2D eigenvalue weighted by atomic mass is 32.1. The van der Waals surface area contributed by atoms with E-state index < -0.39 is 0 Å². The van der Waals surface area contributed by atoms with Gasteiger partial charge in [0.25, 0.3) is 0 Å². The highest BCUT2D eigenvalue weighted by Crippen LogP contribution is 2.38. The zero-order valence-corrected chi connectivity index (χ0v) is 25.0. The van der Waals surface area contributed by atoms with Crippen molar-refractivity contribution in [2.75, 3.05) is 6.61 Å². The molecule has 0 radical (unpaired) electrons. The van der Waals surface area contributed by atoms with Crippen LogP contribution < -0.4 is 4.74 Å². The molecule has 0 aliphatic carbocycles. The Labute approximate surface area is 234 Å². The maximum atomic E-state index is 6.13. The molecule has 3 aromatic heterocycles. The van der Waals surface area contributed by atoms with E-state index in [0.717, 1.165) is 39.0 Å². The summed E-state index contributed by atoms with van der Waals surface area (Å²) in [5, 5.41) is 1.08. The molecule has 0 spiro atoms. The maximum Gasteiger partial charge on any atom is 0.234 e. The van der Waals surface area contributed by atoms with Crippen LogP contribution in [0.4, 0.5) is 0 Å². The second-order valence-corrected chi connectivity index (χ2v) is 12.8. The van der Waals surface area contributed by atoms with Gasteiger partial charge >= 0.3 is 0 Å². The number of hydrogen-bond donors (Lipinski definition) is 0. The Morgan fingerprint density at radius 1 is 0.842 bits per heavy atom. The zero-order valence-electron chi connectivity index (χ0n) is 24.2. The van der Waals surface area contributed by atoms with E-state index in [4.69, 9.17) is 14.5 Å². The lowest BCUT2D eigenvalue weighted by Crippen LogP contribution is -2.32. The third-order valence-electron chi connectivity index (χ3n) is 7.83. The first kappa shape index (κ1) is 29.2. The van der Waals surface area contributed by atoms with Gasteiger partial charge in [-0.15, -0.1) is 11.3 Å². The minimum Gasteiger partial charge on any atom is -0.477 e. The summed E-state index contributed by atoms with van der Waals surface area (Å²) >= 11 is 1.65. The monoisotopic (exact) mass is 539 g/mol. The second kappa shape index (κ2) is 15.1. The molecule has 0 N–H and O–H groups in total. The number of fused-ring (bicyclic) bond motifs is 4. The van der Waals surface area contributed by atoms with Crippen LogP contribution in [0.1, 0.15) is 135 Å². The van der Waals surface area contributed by atoms with Gasteiger partial charge < -0.3 is 9.47 Å². The molecule has 1 aliphatic rings. The molecule has 0 bridgehead atoms. The van der Waals surface area contributed by atoms with Gasteiger partial charge in [0.2, 0.25) is 5.88 Å². The van der Waals surface area contributed by atoms with E-state index in [1.807, 2.05) is 0 Å². The maximum absolute atomic E-state index is 6.13. The molecule has 210 valence electrons.